The van der Waals surface area contributed by atoms with Crippen molar-refractivity contribution >= 4 is 17.3 Å². The number of rotatable bonds is 1. The number of aliphatic hydroxyl groups excluding tert-OH is 1. The van der Waals surface area contributed by atoms with Crippen molar-refractivity contribution < 1.29 is 29.7 Å². The minimum Gasteiger partial charge on any atom is -0.507 e. The molecule has 138 valence electrons. The van der Waals surface area contributed by atoms with Crippen LogP contribution < -0.4 is 5.73 Å². The average molecular weight is 367 g/mol. The van der Waals surface area contributed by atoms with E-state index < -0.39 is 40.5 Å². The summed E-state index contributed by atoms with van der Waals surface area (Å²) in [6, 6.07) is 6.11. The monoisotopic (exact) mass is 367 g/mol. The number of phenols is 2. The summed E-state index contributed by atoms with van der Waals surface area (Å²) < 4.78 is 0. The zero-order valence-corrected chi connectivity index (χ0v) is 14.4. The molecule has 2 aliphatic carbocycles. The molecule has 0 bridgehead atoms. The van der Waals surface area contributed by atoms with Gasteiger partial charge in [0.1, 0.15) is 17.3 Å². The standard InChI is InChI=1S/C20H17NO6/c1-8(22)20(21)6-11-13(12(23)7-20)19(27)15-14(18(11)26)16(24)9-4-2-3-5-10(9)17(15)25/h2-5,12,23,26-27H,6-7,21H2,1H3. The third-order valence-corrected chi connectivity index (χ3v) is 5.54. The van der Waals surface area contributed by atoms with Crippen molar-refractivity contribution in [2.24, 2.45) is 5.73 Å². The van der Waals surface area contributed by atoms with E-state index >= 15 is 0 Å². The molecule has 5 N–H and O–H groups in total. The molecule has 4 rings (SSSR count). The number of nitrogens with two attached hydrogens (primary N) is 1. The zero-order valence-electron chi connectivity index (χ0n) is 14.4. The van der Waals surface area contributed by atoms with Gasteiger partial charge in [0.15, 0.2) is 11.6 Å². The van der Waals surface area contributed by atoms with Gasteiger partial charge in [-0.2, -0.15) is 0 Å². The molecule has 0 heterocycles. The summed E-state index contributed by atoms with van der Waals surface area (Å²) in [7, 11) is 0. The van der Waals surface area contributed by atoms with E-state index in [0.717, 1.165) is 0 Å². The lowest BCUT2D eigenvalue weighted by atomic mass is 9.71. The second-order valence-corrected chi connectivity index (χ2v) is 7.15. The van der Waals surface area contributed by atoms with E-state index in [1.807, 2.05) is 0 Å². The Kier molecular flexibility index (Phi) is 3.53. The molecule has 2 atom stereocenters. The normalized spacial score (nSPS) is 23.4. The predicted octanol–water partition coefficient (Wildman–Crippen LogP) is 1.14. The number of phenolic OH excluding ortho intramolecular Hbond substituents is 2. The fourth-order valence-corrected chi connectivity index (χ4v) is 4.02. The first-order valence-electron chi connectivity index (χ1n) is 8.44. The van der Waals surface area contributed by atoms with Gasteiger partial charge in [-0.3, -0.25) is 14.4 Å². The Morgan fingerprint density at radius 2 is 1.59 bits per heavy atom. The molecule has 2 aromatic carbocycles. The van der Waals surface area contributed by atoms with Crippen molar-refractivity contribution in [1.82, 2.24) is 0 Å². The maximum atomic E-state index is 12.9. The van der Waals surface area contributed by atoms with Crippen LogP contribution in [0.25, 0.3) is 0 Å². The third kappa shape index (κ3) is 2.19. The number of hydrogen-bond acceptors (Lipinski definition) is 7. The third-order valence-electron chi connectivity index (χ3n) is 5.54. The van der Waals surface area contributed by atoms with Gasteiger partial charge in [0.05, 0.1) is 22.8 Å². The molecule has 0 saturated carbocycles. The summed E-state index contributed by atoms with van der Waals surface area (Å²) >= 11 is 0. The smallest absolute Gasteiger partial charge is 0.198 e. The Hall–Kier alpha value is -3.03. The van der Waals surface area contributed by atoms with E-state index in [9.17, 15) is 29.7 Å². The second kappa shape index (κ2) is 5.48. The number of fused-ring (bicyclic) bond motifs is 3. The van der Waals surface area contributed by atoms with E-state index in [2.05, 4.69) is 0 Å². The lowest BCUT2D eigenvalue weighted by Crippen LogP contribution is -2.52. The minimum absolute atomic E-state index is 0.0169. The number of Topliss-reactive ketones (excluding diaryl/α,β-unsaturated/α-hetero) is 1. The van der Waals surface area contributed by atoms with Crippen molar-refractivity contribution in [3.05, 3.63) is 57.6 Å². The van der Waals surface area contributed by atoms with Crippen LogP contribution >= 0.6 is 0 Å². The lowest BCUT2D eigenvalue weighted by molar-refractivity contribution is -0.123. The van der Waals surface area contributed by atoms with Gasteiger partial charge in [-0.15, -0.1) is 0 Å². The quantitative estimate of drug-likeness (QED) is 0.473. The van der Waals surface area contributed by atoms with E-state index in [4.69, 9.17) is 5.73 Å². The topological polar surface area (TPSA) is 138 Å². The molecule has 0 fully saturated rings. The lowest BCUT2D eigenvalue weighted by Gasteiger charge is -2.37. The number of ketones is 3. The van der Waals surface area contributed by atoms with Gasteiger partial charge >= 0.3 is 0 Å². The predicted molar refractivity (Wildman–Crippen MR) is 94.0 cm³/mol. The fraction of sp³-hybridized carbons (Fsp3) is 0.250. The van der Waals surface area contributed by atoms with Gasteiger partial charge in [0, 0.05) is 35.1 Å². The van der Waals surface area contributed by atoms with Crippen LogP contribution in [0.15, 0.2) is 24.3 Å². The molecule has 7 heteroatoms. The molecule has 0 aliphatic heterocycles. The molecule has 0 spiro atoms. The van der Waals surface area contributed by atoms with Crippen molar-refractivity contribution in [3.8, 4) is 11.5 Å². The van der Waals surface area contributed by atoms with Crippen LogP contribution in [-0.2, 0) is 11.2 Å². The Labute approximate surface area is 154 Å². The number of benzene rings is 2. The van der Waals surface area contributed by atoms with Gasteiger partial charge in [-0.1, -0.05) is 24.3 Å². The van der Waals surface area contributed by atoms with E-state index in [-0.39, 0.29) is 46.2 Å². The first-order chi connectivity index (χ1) is 12.7. The SMILES string of the molecule is CC(=O)C1(N)Cc2c(O)c3c(c(O)c2C(O)C1)C(=O)c1ccccc1C3=O. The highest BCUT2D eigenvalue weighted by molar-refractivity contribution is 6.30. The molecule has 7 nitrogen and oxygen atoms in total. The molecule has 0 amide bonds. The van der Waals surface area contributed by atoms with E-state index in [0.29, 0.717) is 0 Å². The number of carbonyl (C=O) groups is 3. The fourth-order valence-electron chi connectivity index (χ4n) is 4.02. The Bertz CT molecular complexity index is 1060. The largest absolute Gasteiger partial charge is 0.507 e. The summed E-state index contributed by atoms with van der Waals surface area (Å²) in [6.45, 7) is 1.28. The molecule has 2 aliphatic rings. The summed E-state index contributed by atoms with van der Waals surface area (Å²) in [5, 5.41) is 32.0. The summed E-state index contributed by atoms with van der Waals surface area (Å²) in [6.07, 6.45) is -1.69. The van der Waals surface area contributed by atoms with Crippen molar-refractivity contribution in [3.63, 3.8) is 0 Å². The maximum Gasteiger partial charge on any atom is 0.198 e. The minimum atomic E-state index is -1.44. The van der Waals surface area contributed by atoms with Gasteiger partial charge in [-0.05, 0) is 6.92 Å². The number of aromatic hydroxyl groups is 2. The van der Waals surface area contributed by atoms with Crippen LogP contribution in [0, 0.1) is 0 Å². The molecule has 0 aromatic heterocycles. The van der Waals surface area contributed by atoms with Crippen molar-refractivity contribution in [1.29, 1.82) is 0 Å². The first-order valence-corrected chi connectivity index (χ1v) is 8.44. The number of carbonyl (C=O) groups excluding carboxylic acids is 3. The molecular weight excluding hydrogens is 350 g/mol. The highest BCUT2D eigenvalue weighted by Crippen LogP contribution is 2.49. The number of hydrogen-bond donors (Lipinski definition) is 4. The van der Waals surface area contributed by atoms with Crippen LogP contribution in [0.3, 0.4) is 0 Å². The van der Waals surface area contributed by atoms with Gasteiger partial charge in [-0.25, -0.2) is 0 Å². The molecule has 0 radical (unpaired) electrons. The van der Waals surface area contributed by atoms with Crippen LogP contribution in [-0.4, -0.2) is 38.2 Å². The van der Waals surface area contributed by atoms with Crippen molar-refractivity contribution in [2.45, 2.75) is 31.4 Å². The maximum absolute atomic E-state index is 12.9. The highest BCUT2D eigenvalue weighted by Gasteiger charge is 2.45. The van der Waals surface area contributed by atoms with Crippen LogP contribution in [0.4, 0.5) is 0 Å². The van der Waals surface area contributed by atoms with Crippen LogP contribution in [0.1, 0.15) is 62.4 Å². The average Bonchev–Trinajstić information content (AvgIpc) is 2.62. The summed E-state index contributed by atoms with van der Waals surface area (Å²) in [5.41, 5.74) is 4.18. The Morgan fingerprint density at radius 3 is 2.11 bits per heavy atom. The molecule has 27 heavy (non-hydrogen) atoms. The van der Waals surface area contributed by atoms with Gasteiger partial charge in [0.2, 0.25) is 0 Å². The molecule has 2 unspecified atom stereocenters. The molecular formula is C20H17NO6. The number of aliphatic hydroxyl groups is 1. The first kappa shape index (κ1) is 17.4. The van der Waals surface area contributed by atoms with E-state index in [1.165, 1.54) is 19.1 Å². The van der Waals surface area contributed by atoms with Crippen molar-refractivity contribution in [2.75, 3.05) is 0 Å². The van der Waals surface area contributed by atoms with Crippen LogP contribution in [0.2, 0.25) is 0 Å². The van der Waals surface area contributed by atoms with Gasteiger partial charge in [0.25, 0.3) is 0 Å². The van der Waals surface area contributed by atoms with E-state index in [1.54, 1.807) is 12.1 Å². The Balaban J connectivity index is 2.04. The molecule has 0 saturated heterocycles. The second-order valence-electron chi connectivity index (χ2n) is 7.15. The van der Waals surface area contributed by atoms with Crippen LogP contribution in [0.5, 0.6) is 11.5 Å². The molecule has 2 aromatic rings. The Morgan fingerprint density at radius 1 is 1.07 bits per heavy atom. The summed E-state index contributed by atoms with van der Waals surface area (Å²) in [4.78, 5) is 37.7. The zero-order chi connectivity index (χ0) is 19.7. The van der Waals surface area contributed by atoms with Gasteiger partial charge < -0.3 is 21.1 Å². The highest BCUT2D eigenvalue weighted by atomic mass is 16.3. The summed E-state index contributed by atoms with van der Waals surface area (Å²) in [5.74, 6) is -2.69.